The van der Waals surface area contributed by atoms with Crippen LogP contribution >= 0.6 is 0 Å². The Balaban J connectivity index is 3.58. The SMILES string of the molecule is O=C=NC(CCCCCCCCCCCCCCCCC[Si])(N=C=O)N=C=O. The van der Waals surface area contributed by atoms with Crippen LogP contribution in [-0.2, 0) is 14.4 Å². The van der Waals surface area contributed by atoms with Crippen molar-refractivity contribution >= 4 is 28.5 Å². The number of hydrogen-bond donors (Lipinski definition) is 0. The molecule has 28 heavy (non-hydrogen) atoms. The molecule has 0 aromatic carbocycles. The van der Waals surface area contributed by atoms with Gasteiger partial charge in [-0.3, -0.25) is 0 Å². The van der Waals surface area contributed by atoms with E-state index in [4.69, 9.17) is 0 Å². The molecule has 0 amide bonds. The fraction of sp³-hybridized carbons (Fsp3) is 0.857. The van der Waals surface area contributed by atoms with Crippen molar-refractivity contribution in [3.8, 4) is 0 Å². The smallest absolute Gasteiger partial charge is 0.211 e. The fourth-order valence-corrected chi connectivity index (χ4v) is 3.50. The second-order valence-corrected chi connectivity index (χ2v) is 7.69. The quantitative estimate of drug-likeness (QED) is 0.116. The van der Waals surface area contributed by atoms with E-state index < -0.39 is 5.79 Å². The zero-order valence-electron chi connectivity index (χ0n) is 17.1. The lowest BCUT2D eigenvalue weighted by Gasteiger charge is -2.14. The van der Waals surface area contributed by atoms with E-state index in [1.54, 1.807) is 0 Å². The van der Waals surface area contributed by atoms with Crippen molar-refractivity contribution in [2.24, 2.45) is 15.0 Å². The summed E-state index contributed by atoms with van der Waals surface area (Å²) in [6.07, 6.45) is 22.6. The Kier molecular flexibility index (Phi) is 18.9. The van der Waals surface area contributed by atoms with Gasteiger partial charge < -0.3 is 0 Å². The molecule has 155 valence electrons. The molecule has 0 atom stereocenters. The summed E-state index contributed by atoms with van der Waals surface area (Å²) in [7, 11) is 3.51. The Morgan fingerprint density at radius 1 is 0.500 bits per heavy atom. The van der Waals surface area contributed by atoms with Crippen LogP contribution in [0.15, 0.2) is 15.0 Å². The Morgan fingerprint density at radius 3 is 1.07 bits per heavy atom. The molecule has 0 heterocycles. The average molecular weight is 405 g/mol. The maximum Gasteiger partial charge on any atom is 0.277 e. The van der Waals surface area contributed by atoms with Crippen LogP contribution in [0.3, 0.4) is 0 Å². The molecule has 0 bridgehead atoms. The largest absolute Gasteiger partial charge is 0.277 e. The van der Waals surface area contributed by atoms with Crippen LogP contribution < -0.4 is 0 Å². The van der Waals surface area contributed by atoms with Crippen molar-refractivity contribution in [1.82, 2.24) is 0 Å². The molecule has 0 saturated heterocycles. The molecule has 0 spiro atoms. The first-order valence-electron chi connectivity index (χ1n) is 10.7. The molecule has 0 aromatic rings. The van der Waals surface area contributed by atoms with Crippen LogP contribution in [0.25, 0.3) is 0 Å². The summed E-state index contributed by atoms with van der Waals surface area (Å²) in [6.45, 7) is 0. The Hall–Kier alpha value is -1.64. The second kappa shape index (κ2) is 20.1. The standard InChI is InChI=1S/C21H34N3O3Si/c25-18-22-21(23-19-26,24-20-27)16-14-12-10-8-6-4-2-1-3-5-7-9-11-13-15-17-28/h1-17H2. The molecule has 0 fully saturated rings. The van der Waals surface area contributed by atoms with Crippen LogP contribution in [0.4, 0.5) is 0 Å². The van der Waals surface area contributed by atoms with E-state index in [-0.39, 0.29) is 6.42 Å². The maximum absolute atomic E-state index is 10.5. The summed E-state index contributed by atoms with van der Waals surface area (Å²) in [4.78, 5) is 41.5. The van der Waals surface area contributed by atoms with Crippen molar-refractivity contribution in [2.75, 3.05) is 0 Å². The van der Waals surface area contributed by atoms with E-state index in [9.17, 15) is 14.4 Å². The zero-order chi connectivity index (χ0) is 20.8. The van der Waals surface area contributed by atoms with Gasteiger partial charge in [-0.05, 0) is 6.42 Å². The van der Waals surface area contributed by atoms with Crippen molar-refractivity contribution < 1.29 is 14.4 Å². The van der Waals surface area contributed by atoms with Gasteiger partial charge in [0.25, 0.3) is 5.79 Å². The highest BCUT2D eigenvalue weighted by molar-refractivity contribution is 6.08. The summed E-state index contributed by atoms with van der Waals surface area (Å²) in [6, 6.07) is 1.12. The maximum atomic E-state index is 10.5. The lowest BCUT2D eigenvalue weighted by molar-refractivity contribution is 0.398. The molecule has 0 unspecified atom stereocenters. The highest BCUT2D eigenvalue weighted by atomic mass is 28.1. The predicted molar refractivity (Wildman–Crippen MR) is 112 cm³/mol. The van der Waals surface area contributed by atoms with Gasteiger partial charge in [-0.1, -0.05) is 95.9 Å². The monoisotopic (exact) mass is 404 g/mol. The average Bonchev–Trinajstić information content (AvgIpc) is 2.68. The predicted octanol–water partition coefficient (Wildman–Crippen LogP) is 5.48. The van der Waals surface area contributed by atoms with Gasteiger partial charge in [-0.2, -0.15) is 15.0 Å². The first-order chi connectivity index (χ1) is 13.7. The van der Waals surface area contributed by atoms with Gasteiger partial charge in [0.15, 0.2) is 0 Å². The molecule has 0 N–H and O–H groups in total. The second-order valence-electron chi connectivity index (χ2n) is 7.19. The molecule has 6 nitrogen and oxygen atoms in total. The van der Waals surface area contributed by atoms with Crippen LogP contribution in [0, 0.1) is 0 Å². The number of isocyanates is 3. The highest BCUT2D eigenvalue weighted by Gasteiger charge is 2.28. The molecule has 0 saturated carbocycles. The molecular weight excluding hydrogens is 370 g/mol. The van der Waals surface area contributed by atoms with Crippen LogP contribution in [0.5, 0.6) is 0 Å². The third-order valence-electron chi connectivity index (χ3n) is 4.86. The molecular formula is C21H34N3O3Si. The summed E-state index contributed by atoms with van der Waals surface area (Å²) in [5.41, 5.74) is 0. The van der Waals surface area contributed by atoms with Crippen molar-refractivity contribution in [3.63, 3.8) is 0 Å². The fourth-order valence-electron chi connectivity index (χ4n) is 3.25. The van der Waals surface area contributed by atoms with Crippen LogP contribution in [0.2, 0.25) is 6.04 Å². The number of rotatable bonds is 20. The lowest BCUT2D eigenvalue weighted by Crippen LogP contribution is -2.20. The zero-order valence-corrected chi connectivity index (χ0v) is 18.1. The minimum atomic E-state index is -1.71. The molecule has 3 radical (unpaired) electrons. The first-order valence-corrected chi connectivity index (χ1v) is 11.4. The molecule has 0 rings (SSSR count). The third kappa shape index (κ3) is 15.4. The first kappa shape index (κ1) is 26.4. The van der Waals surface area contributed by atoms with Gasteiger partial charge in [0.1, 0.15) is 0 Å². The number of aliphatic imine (C=N–C) groups is 3. The topological polar surface area (TPSA) is 88.3 Å². The van der Waals surface area contributed by atoms with Crippen LogP contribution in [0.1, 0.15) is 103 Å². The van der Waals surface area contributed by atoms with Gasteiger partial charge in [0.2, 0.25) is 18.2 Å². The number of nitrogens with zero attached hydrogens (tertiary/aromatic N) is 3. The van der Waals surface area contributed by atoms with Crippen molar-refractivity contribution in [2.45, 2.75) is 115 Å². The van der Waals surface area contributed by atoms with Gasteiger partial charge in [0, 0.05) is 16.7 Å². The minimum absolute atomic E-state index is 0.211. The number of carbonyl (C=O) groups excluding carboxylic acids is 3. The minimum Gasteiger partial charge on any atom is -0.211 e. The van der Waals surface area contributed by atoms with Crippen molar-refractivity contribution in [3.05, 3.63) is 0 Å². The van der Waals surface area contributed by atoms with E-state index in [1.807, 2.05) is 0 Å². The van der Waals surface area contributed by atoms with E-state index in [1.165, 1.54) is 88.9 Å². The summed E-state index contributed by atoms with van der Waals surface area (Å²) in [5, 5.41) is 0. The molecule has 0 aliphatic carbocycles. The van der Waals surface area contributed by atoms with Gasteiger partial charge in [0.05, 0.1) is 0 Å². The number of unbranched alkanes of at least 4 members (excludes halogenated alkanes) is 14. The summed E-state index contributed by atoms with van der Waals surface area (Å²) < 4.78 is 0. The summed E-state index contributed by atoms with van der Waals surface area (Å²) >= 11 is 0. The Labute approximate surface area is 172 Å². The van der Waals surface area contributed by atoms with E-state index in [0.29, 0.717) is 6.42 Å². The van der Waals surface area contributed by atoms with Gasteiger partial charge >= 0.3 is 0 Å². The normalized spacial score (nSPS) is 12.3. The lowest BCUT2D eigenvalue weighted by atomic mass is 10.0. The Morgan fingerprint density at radius 2 is 0.786 bits per heavy atom. The van der Waals surface area contributed by atoms with E-state index >= 15 is 0 Å². The van der Waals surface area contributed by atoms with Gasteiger partial charge in [-0.25, -0.2) is 14.4 Å². The third-order valence-corrected chi connectivity index (χ3v) is 5.22. The molecule has 0 aliphatic rings. The van der Waals surface area contributed by atoms with E-state index in [2.05, 4.69) is 25.2 Å². The number of hydrogen-bond acceptors (Lipinski definition) is 6. The Bertz CT molecular complexity index is 477. The molecule has 0 aromatic heterocycles. The summed E-state index contributed by atoms with van der Waals surface area (Å²) in [5.74, 6) is -1.71. The van der Waals surface area contributed by atoms with E-state index in [0.717, 1.165) is 25.3 Å². The molecule has 0 aliphatic heterocycles. The highest BCUT2D eigenvalue weighted by Crippen LogP contribution is 2.23. The molecule has 7 heteroatoms. The van der Waals surface area contributed by atoms with Gasteiger partial charge in [-0.15, -0.1) is 0 Å². The van der Waals surface area contributed by atoms with Crippen molar-refractivity contribution in [1.29, 1.82) is 0 Å². The van der Waals surface area contributed by atoms with Crippen LogP contribution in [-0.4, -0.2) is 34.3 Å².